The van der Waals surface area contributed by atoms with Gasteiger partial charge in [-0.15, -0.1) is 0 Å². The van der Waals surface area contributed by atoms with E-state index in [9.17, 15) is 22.0 Å². The predicted octanol–water partition coefficient (Wildman–Crippen LogP) is 2.22. The number of rotatable bonds is 4. The van der Waals surface area contributed by atoms with E-state index >= 15 is 0 Å². The quantitative estimate of drug-likeness (QED) is 0.933. The maximum atomic E-state index is 13.1. The lowest BCUT2D eigenvalue weighted by atomic mass is 10.1. The molecule has 1 heterocycles. The molecule has 8 heteroatoms. The third-order valence-electron chi connectivity index (χ3n) is 2.88. The first-order valence-electron chi connectivity index (χ1n) is 6.25. The Hall–Kier alpha value is -2.22. The summed E-state index contributed by atoms with van der Waals surface area (Å²) in [6.07, 6.45) is -0.397. The van der Waals surface area contributed by atoms with Gasteiger partial charge < -0.3 is 4.42 Å². The molecule has 1 aromatic heterocycles. The van der Waals surface area contributed by atoms with E-state index in [1.807, 2.05) is 4.72 Å². The number of hydrogen-bond acceptors (Lipinski definition) is 4. The molecule has 5 nitrogen and oxygen atoms in total. The van der Waals surface area contributed by atoms with Gasteiger partial charge in [0.1, 0.15) is 16.4 Å². The third-order valence-corrected chi connectivity index (χ3v) is 4.36. The Morgan fingerprint density at radius 3 is 2.41 bits per heavy atom. The maximum Gasteiger partial charge on any atom is 0.267 e. The van der Waals surface area contributed by atoms with E-state index in [4.69, 9.17) is 4.42 Å². The average molecular weight is 329 g/mol. The van der Waals surface area contributed by atoms with Gasteiger partial charge in [-0.05, 0) is 31.5 Å². The van der Waals surface area contributed by atoms with Crippen molar-refractivity contribution in [3.8, 4) is 0 Å². The van der Waals surface area contributed by atoms with Crippen molar-refractivity contribution in [3.05, 3.63) is 53.0 Å². The van der Waals surface area contributed by atoms with Gasteiger partial charge in [0, 0.05) is 6.07 Å². The highest BCUT2D eigenvalue weighted by atomic mass is 32.2. The molecule has 2 aromatic rings. The van der Waals surface area contributed by atoms with Crippen molar-refractivity contribution in [2.24, 2.45) is 0 Å². The standard InChI is InChI=1S/C14H13F2NO4S/c1-8-5-13(9(2)21-8)22(19,20)17-14(18)7-10-3-4-11(15)12(16)6-10/h3-6H,7H2,1-2H3,(H,17,18). The fourth-order valence-corrected chi connectivity index (χ4v) is 3.17. The van der Waals surface area contributed by atoms with Crippen molar-refractivity contribution in [1.82, 2.24) is 4.72 Å². The minimum absolute atomic E-state index is 0.136. The van der Waals surface area contributed by atoms with E-state index in [0.29, 0.717) is 5.76 Å². The molecule has 0 unspecified atom stereocenters. The van der Waals surface area contributed by atoms with E-state index < -0.39 is 34.0 Å². The Morgan fingerprint density at radius 1 is 1.18 bits per heavy atom. The lowest BCUT2D eigenvalue weighted by molar-refractivity contribution is -0.118. The molecule has 0 saturated heterocycles. The number of nitrogens with one attached hydrogen (secondary N) is 1. The third kappa shape index (κ3) is 3.51. The zero-order valence-corrected chi connectivity index (χ0v) is 12.6. The second kappa shape index (κ2) is 5.88. The highest BCUT2D eigenvalue weighted by molar-refractivity contribution is 7.90. The van der Waals surface area contributed by atoms with Crippen LogP contribution in [0.1, 0.15) is 17.1 Å². The average Bonchev–Trinajstić information content (AvgIpc) is 2.73. The molecule has 0 aliphatic carbocycles. The molecular weight excluding hydrogens is 316 g/mol. The molecule has 22 heavy (non-hydrogen) atoms. The number of furan rings is 1. The Morgan fingerprint density at radius 2 is 1.86 bits per heavy atom. The van der Waals surface area contributed by atoms with Crippen molar-refractivity contribution in [2.75, 3.05) is 0 Å². The number of benzene rings is 1. The summed E-state index contributed by atoms with van der Waals surface area (Å²) in [4.78, 5) is 11.6. The molecule has 0 radical (unpaired) electrons. The van der Waals surface area contributed by atoms with Crippen LogP contribution in [0.15, 0.2) is 33.6 Å². The number of halogens is 2. The van der Waals surface area contributed by atoms with Crippen LogP contribution in [0.4, 0.5) is 8.78 Å². The van der Waals surface area contributed by atoms with Gasteiger partial charge in [-0.2, -0.15) is 0 Å². The van der Waals surface area contributed by atoms with Gasteiger partial charge in [-0.25, -0.2) is 21.9 Å². The summed E-state index contributed by atoms with van der Waals surface area (Å²) in [5.74, 6) is -2.45. The van der Waals surface area contributed by atoms with E-state index in [2.05, 4.69) is 0 Å². The lowest BCUT2D eigenvalue weighted by Crippen LogP contribution is -2.32. The summed E-state index contributed by atoms with van der Waals surface area (Å²) in [5, 5.41) is 0. The fraction of sp³-hybridized carbons (Fsp3) is 0.214. The minimum Gasteiger partial charge on any atom is -0.465 e. The number of aryl methyl sites for hydroxylation is 2. The highest BCUT2D eigenvalue weighted by Crippen LogP contribution is 2.19. The summed E-state index contributed by atoms with van der Waals surface area (Å²) in [6, 6.07) is 4.21. The molecule has 0 spiro atoms. The smallest absolute Gasteiger partial charge is 0.267 e. The SMILES string of the molecule is Cc1cc(S(=O)(=O)NC(=O)Cc2ccc(F)c(F)c2)c(C)o1. The molecular formula is C14H13F2NO4S. The largest absolute Gasteiger partial charge is 0.465 e. The number of sulfonamides is 1. The van der Waals surface area contributed by atoms with Gasteiger partial charge in [0.15, 0.2) is 11.6 Å². The predicted molar refractivity (Wildman–Crippen MR) is 73.6 cm³/mol. The molecule has 1 aromatic carbocycles. The minimum atomic E-state index is -4.07. The lowest BCUT2D eigenvalue weighted by Gasteiger charge is -2.06. The van der Waals surface area contributed by atoms with Crippen LogP contribution in [-0.2, 0) is 21.2 Å². The first kappa shape index (κ1) is 16.2. The maximum absolute atomic E-state index is 13.1. The molecule has 0 aliphatic heterocycles. The molecule has 0 atom stereocenters. The summed E-state index contributed by atoms with van der Waals surface area (Å²) < 4.78 is 56.9. The van der Waals surface area contributed by atoms with Crippen molar-refractivity contribution in [3.63, 3.8) is 0 Å². The van der Waals surface area contributed by atoms with E-state index in [-0.39, 0.29) is 16.2 Å². The second-order valence-corrected chi connectivity index (χ2v) is 6.38. The van der Waals surface area contributed by atoms with Crippen LogP contribution in [0.25, 0.3) is 0 Å². The summed E-state index contributed by atoms with van der Waals surface area (Å²) in [5.41, 5.74) is 0.159. The van der Waals surface area contributed by atoms with Crippen LogP contribution in [-0.4, -0.2) is 14.3 Å². The highest BCUT2D eigenvalue weighted by Gasteiger charge is 2.23. The van der Waals surface area contributed by atoms with Crippen molar-refractivity contribution in [1.29, 1.82) is 0 Å². The number of carbonyl (C=O) groups excluding carboxylic acids is 1. The molecule has 1 N–H and O–H groups in total. The van der Waals surface area contributed by atoms with Crippen molar-refractivity contribution < 1.29 is 26.4 Å². The van der Waals surface area contributed by atoms with Gasteiger partial charge in [0.25, 0.3) is 10.0 Å². The zero-order chi connectivity index (χ0) is 16.5. The molecule has 118 valence electrons. The van der Waals surface area contributed by atoms with Gasteiger partial charge in [-0.1, -0.05) is 6.07 Å². The molecule has 0 saturated carbocycles. The molecule has 0 aliphatic rings. The first-order chi connectivity index (χ1) is 10.2. The van der Waals surface area contributed by atoms with Crippen LogP contribution in [0.3, 0.4) is 0 Å². The Balaban J connectivity index is 2.14. The Kier molecular flexibility index (Phi) is 4.32. The van der Waals surface area contributed by atoms with Gasteiger partial charge in [0.2, 0.25) is 5.91 Å². The molecule has 1 amide bonds. The monoisotopic (exact) mass is 329 g/mol. The molecule has 2 rings (SSSR count). The Labute approximate surface area is 126 Å². The Bertz CT molecular complexity index is 827. The first-order valence-corrected chi connectivity index (χ1v) is 7.74. The van der Waals surface area contributed by atoms with Crippen LogP contribution < -0.4 is 4.72 Å². The van der Waals surface area contributed by atoms with E-state index in [1.165, 1.54) is 19.1 Å². The number of hydrogen-bond donors (Lipinski definition) is 1. The summed E-state index contributed by atoms with van der Waals surface area (Å²) in [7, 11) is -4.07. The van der Waals surface area contributed by atoms with Crippen LogP contribution in [0, 0.1) is 25.5 Å². The van der Waals surface area contributed by atoms with Gasteiger partial charge in [-0.3, -0.25) is 4.79 Å². The number of carbonyl (C=O) groups is 1. The van der Waals surface area contributed by atoms with Gasteiger partial charge in [0.05, 0.1) is 6.42 Å². The van der Waals surface area contributed by atoms with Gasteiger partial charge >= 0.3 is 0 Å². The van der Waals surface area contributed by atoms with E-state index in [1.54, 1.807) is 6.92 Å². The van der Waals surface area contributed by atoms with Crippen molar-refractivity contribution >= 4 is 15.9 Å². The molecule has 0 fully saturated rings. The molecule has 0 bridgehead atoms. The van der Waals surface area contributed by atoms with Crippen LogP contribution in [0.2, 0.25) is 0 Å². The van der Waals surface area contributed by atoms with Crippen molar-refractivity contribution in [2.45, 2.75) is 25.2 Å². The second-order valence-electron chi connectivity index (χ2n) is 4.73. The fourth-order valence-electron chi connectivity index (χ4n) is 1.95. The van der Waals surface area contributed by atoms with Crippen LogP contribution in [0.5, 0.6) is 0 Å². The summed E-state index contributed by atoms with van der Waals surface area (Å²) >= 11 is 0. The normalized spacial score (nSPS) is 11.5. The number of amides is 1. The van der Waals surface area contributed by atoms with Crippen LogP contribution >= 0.6 is 0 Å². The summed E-state index contributed by atoms with van der Waals surface area (Å²) in [6.45, 7) is 3.04. The van der Waals surface area contributed by atoms with E-state index in [0.717, 1.165) is 12.1 Å². The zero-order valence-electron chi connectivity index (χ0n) is 11.8. The topological polar surface area (TPSA) is 76.4 Å².